The second-order valence-corrected chi connectivity index (χ2v) is 8.18. The standard InChI is InChI=1S/C23H33NO2/c1-16(2)24(17(3)4)15-21(18-10-8-7-9-11-18)20-14-19(23(5,6)26)12-13-22(20)25/h7-14,16-17,21,25-26H,15H2,1-6H3. The van der Waals surface area contributed by atoms with E-state index in [1.807, 2.05) is 24.3 Å². The van der Waals surface area contributed by atoms with Crippen molar-refractivity contribution in [3.8, 4) is 5.75 Å². The van der Waals surface area contributed by atoms with E-state index in [4.69, 9.17) is 0 Å². The number of phenolic OH excluding ortho intramolecular Hbond substituents is 1. The molecular weight excluding hydrogens is 322 g/mol. The molecule has 0 spiro atoms. The van der Waals surface area contributed by atoms with Crippen molar-refractivity contribution in [2.24, 2.45) is 0 Å². The summed E-state index contributed by atoms with van der Waals surface area (Å²) in [6, 6.07) is 16.6. The van der Waals surface area contributed by atoms with Crippen LogP contribution in [0.3, 0.4) is 0 Å². The van der Waals surface area contributed by atoms with Crippen molar-refractivity contribution in [2.75, 3.05) is 6.54 Å². The maximum absolute atomic E-state index is 10.6. The molecule has 0 saturated carbocycles. The third-order valence-electron chi connectivity index (χ3n) is 5.03. The Balaban J connectivity index is 2.55. The van der Waals surface area contributed by atoms with E-state index in [1.54, 1.807) is 26.0 Å². The van der Waals surface area contributed by atoms with Crippen LogP contribution in [0.25, 0.3) is 0 Å². The van der Waals surface area contributed by atoms with Gasteiger partial charge in [-0.1, -0.05) is 36.4 Å². The number of aromatic hydroxyl groups is 1. The molecule has 0 aliphatic carbocycles. The third kappa shape index (κ3) is 4.87. The SMILES string of the molecule is CC(C)N(CC(c1ccccc1)c1cc(C(C)(C)O)ccc1O)C(C)C. The first-order valence-electron chi connectivity index (χ1n) is 9.47. The molecular formula is C23H33NO2. The lowest BCUT2D eigenvalue weighted by atomic mass is 9.86. The van der Waals surface area contributed by atoms with Gasteiger partial charge in [-0.05, 0) is 64.8 Å². The maximum atomic E-state index is 10.6. The molecule has 1 unspecified atom stereocenters. The average Bonchev–Trinajstić information content (AvgIpc) is 2.55. The topological polar surface area (TPSA) is 43.7 Å². The molecule has 2 aromatic rings. The minimum Gasteiger partial charge on any atom is -0.508 e. The second-order valence-electron chi connectivity index (χ2n) is 8.18. The van der Waals surface area contributed by atoms with Gasteiger partial charge in [0.2, 0.25) is 0 Å². The van der Waals surface area contributed by atoms with Crippen LogP contribution in [0.1, 0.15) is 64.2 Å². The normalized spacial score (nSPS) is 13.6. The van der Waals surface area contributed by atoms with Crippen molar-refractivity contribution in [1.82, 2.24) is 4.90 Å². The lowest BCUT2D eigenvalue weighted by Crippen LogP contribution is -2.40. The molecule has 2 rings (SSSR count). The summed E-state index contributed by atoms with van der Waals surface area (Å²) < 4.78 is 0. The van der Waals surface area contributed by atoms with E-state index in [0.29, 0.717) is 12.1 Å². The lowest BCUT2D eigenvalue weighted by Gasteiger charge is -2.35. The van der Waals surface area contributed by atoms with Gasteiger partial charge in [-0.3, -0.25) is 4.90 Å². The fourth-order valence-electron chi connectivity index (χ4n) is 3.51. The summed E-state index contributed by atoms with van der Waals surface area (Å²) in [5.74, 6) is 0.308. The lowest BCUT2D eigenvalue weighted by molar-refractivity contribution is 0.0784. The minimum atomic E-state index is -0.945. The van der Waals surface area contributed by atoms with E-state index in [-0.39, 0.29) is 11.7 Å². The summed E-state index contributed by atoms with van der Waals surface area (Å²) in [4.78, 5) is 2.44. The number of hydrogen-bond acceptors (Lipinski definition) is 3. The van der Waals surface area contributed by atoms with Crippen LogP contribution in [0.2, 0.25) is 0 Å². The maximum Gasteiger partial charge on any atom is 0.119 e. The average molecular weight is 356 g/mol. The largest absolute Gasteiger partial charge is 0.508 e. The van der Waals surface area contributed by atoms with Gasteiger partial charge in [0.15, 0.2) is 0 Å². The van der Waals surface area contributed by atoms with Gasteiger partial charge < -0.3 is 10.2 Å². The van der Waals surface area contributed by atoms with Crippen LogP contribution in [-0.2, 0) is 5.60 Å². The van der Waals surface area contributed by atoms with Gasteiger partial charge in [0.1, 0.15) is 5.75 Å². The molecule has 0 heterocycles. The summed E-state index contributed by atoms with van der Waals surface area (Å²) in [5, 5.41) is 21.0. The molecule has 3 heteroatoms. The van der Waals surface area contributed by atoms with E-state index in [0.717, 1.165) is 17.7 Å². The van der Waals surface area contributed by atoms with Crippen molar-refractivity contribution >= 4 is 0 Å². The van der Waals surface area contributed by atoms with Crippen molar-refractivity contribution < 1.29 is 10.2 Å². The highest BCUT2D eigenvalue weighted by Gasteiger charge is 2.26. The molecule has 0 aliphatic rings. The molecule has 0 aromatic heterocycles. The van der Waals surface area contributed by atoms with Gasteiger partial charge in [0.25, 0.3) is 0 Å². The smallest absolute Gasteiger partial charge is 0.119 e. The molecule has 0 radical (unpaired) electrons. The van der Waals surface area contributed by atoms with E-state index < -0.39 is 5.60 Å². The summed E-state index contributed by atoms with van der Waals surface area (Å²) in [6.07, 6.45) is 0. The van der Waals surface area contributed by atoms with Crippen molar-refractivity contribution in [3.63, 3.8) is 0 Å². The van der Waals surface area contributed by atoms with E-state index in [9.17, 15) is 10.2 Å². The fraction of sp³-hybridized carbons (Fsp3) is 0.478. The van der Waals surface area contributed by atoms with Gasteiger partial charge in [0, 0.05) is 30.1 Å². The van der Waals surface area contributed by atoms with Gasteiger partial charge >= 0.3 is 0 Å². The Morgan fingerprint density at radius 1 is 0.923 bits per heavy atom. The molecule has 0 amide bonds. The van der Waals surface area contributed by atoms with Crippen LogP contribution < -0.4 is 0 Å². The Morgan fingerprint density at radius 3 is 2.00 bits per heavy atom. The third-order valence-corrected chi connectivity index (χ3v) is 5.03. The van der Waals surface area contributed by atoms with Crippen LogP contribution in [0.15, 0.2) is 48.5 Å². The first-order valence-corrected chi connectivity index (χ1v) is 9.47. The molecule has 2 aromatic carbocycles. The monoisotopic (exact) mass is 355 g/mol. The number of benzene rings is 2. The summed E-state index contributed by atoms with van der Waals surface area (Å²) in [6.45, 7) is 13.2. The van der Waals surface area contributed by atoms with Gasteiger partial charge in [0.05, 0.1) is 5.60 Å². The molecule has 142 valence electrons. The molecule has 0 fully saturated rings. The van der Waals surface area contributed by atoms with Crippen LogP contribution in [0.5, 0.6) is 5.75 Å². The quantitative estimate of drug-likeness (QED) is 0.745. The first kappa shape index (κ1) is 20.5. The van der Waals surface area contributed by atoms with Crippen LogP contribution >= 0.6 is 0 Å². The molecule has 1 atom stereocenters. The highest BCUT2D eigenvalue weighted by Crippen LogP contribution is 2.35. The van der Waals surface area contributed by atoms with E-state index in [1.165, 1.54) is 5.56 Å². The Kier molecular flexibility index (Phi) is 6.48. The Labute approximate surface area is 158 Å². The van der Waals surface area contributed by atoms with E-state index >= 15 is 0 Å². The van der Waals surface area contributed by atoms with Crippen molar-refractivity contribution in [2.45, 2.75) is 65.1 Å². The summed E-state index contributed by atoms with van der Waals surface area (Å²) in [7, 11) is 0. The van der Waals surface area contributed by atoms with Gasteiger partial charge in [-0.2, -0.15) is 0 Å². The first-order chi connectivity index (χ1) is 12.1. The molecule has 0 saturated heterocycles. The molecule has 0 aliphatic heterocycles. The number of rotatable bonds is 7. The van der Waals surface area contributed by atoms with Crippen molar-refractivity contribution in [3.05, 3.63) is 65.2 Å². The predicted octanol–water partition coefficient (Wildman–Crippen LogP) is 4.87. The zero-order chi connectivity index (χ0) is 19.5. The number of nitrogens with zero attached hydrogens (tertiary/aromatic N) is 1. The predicted molar refractivity (Wildman–Crippen MR) is 109 cm³/mol. The molecule has 2 N–H and O–H groups in total. The highest BCUT2D eigenvalue weighted by atomic mass is 16.3. The fourth-order valence-corrected chi connectivity index (χ4v) is 3.51. The number of hydrogen-bond donors (Lipinski definition) is 2. The van der Waals surface area contributed by atoms with Gasteiger partial charge in [-0.15, -0.1) is 0 Å². The Hall–Kier alpha value is -1.84. The minimum absolute atomic E-state index is 0.0308. The van der Waals surface area contributed by atoms with E-state index in [2.05, 4.69) is 44.7 Å². The van der Waals surface area contributed by atoms with Gasteiger partial charge in [-0.25, -0.2) is 0 Å². The Bertz CT molecular complexity index is 694. The second kappa shape index (κ2) is 8.24. The zero-order valence-electron chi connectivity index (χ0n) is 16.9. The molecule has 0 bridgehead atoms. The van der Waals surface area contributed by atoms with Crippen LogP contribution in [0.4, 0.5) is 0 Å². The van der Waals surface area contributed by atoms with Crippen LogP contribution in [0, 0.1) is 0 Å². The number of phenols is 1. The van der Waals surface area contributed by atoms with Crippen molar-refractivity contribution in [1.29, 1.82) is 0 Å². The van der Waals surface area contributed by atoms with Crippen LogP contribution in [-0.4, -0.2) is 33.7 Å². The summed E-state index contributed by atoms with van der Waals surface area (Å²) in [5.41, 5.74) is 1.90. The Morgan fingerprint density at radius 2 is 1.50 bits per heavy atom. The summed E-state index contributed by atoms with van der Waals surface area (Å²) >= 11 is 0. The number of aliphatic hydroxyl groups is 1. The molecule has 26 heavy (non-hydrogen) atoms. The molecule has 3 nitrogen and oxygen atoms in total. The zero-order valence-corrected chi connectivity index (χ0v) is 16.9. The highest BCUT2D eigenvalue weighted by molar-refractivity contribution is 5.45.